The van der Waals surface area contributed by atoms with Gasteiger partial charge in [0.25, 0.3) is 0 Å². The van der Waals surface area contributed by atoms with Gasteiger partial charge in [-0.1, -0.05) is 6.07 Å². The number of carbonyl (C=O) groups excluding carboxylic acids is 1. The highest BCUT2D eigenvalue weighted by Crippen LogP contribution is 2.34. The summed E-state index contributed by atoms with van der Waals surface area (Å²) in [5.41, 5.74) is 7.58. The minimum Gasteiger partial charge on any atom is -0.492 e. The Morgan fingerprint density at radius 3 is 3.05 bits per heavy atom. The maximum Gasteiger partial charge on any atom is 0.245 e. The Kier molecular flexibility index (Phi) is 5.27. The summed E-state index contributed by atoms with van der Waals surface area (Å²) in [7, 11) is 0. The first-order valence-corrected chi connectivity index (χ1v) is 7.32. The van der Waals surface area contributed by atoms with E-state index in [0.29, 0.717) is 44.3 Å². The summed E-state index contributed by atoms with van der Waals surface area (Å²) in [5, 5.41) is 2.84. The summed E-state index contributed by atoms with van der Waals surface area (Å²) in [4.78, 5) is 14.2. The van der Waals surface area contributed by atoms with E-state index in [4.69, 9.17) is 15.2 Å². The Hall–Kier alpha value is -1.95. The minimum atomic E-state index is -0.363. The number of hydrogen-bond acceptors (Lipinski definition) is 5. The van der Waals surface area contributed by atoms with E-state index >= 15 is 0 Å². The van der Waals surface area contributed by atoms with E-state index in [-0.39, 0.29) is 11.9 Å². The van der Waals surface area contributed by atoms with Crippen LogP contribution in [0.1, 0.15) is 13.8 Å². The highest BCUT2D eigenvalue weighted by atomic mass is 16.5. The van der Waals surface area contributed by atoms with Crippen LogP contribution in [0.5, 0.6) is 5.75 Å². The van der Waals surface area contributed by atoms with Crippen LogP contribution >= 0.6 is 0 Å². The number of ether oxygens (including phenoxy) is 2. The normalized spacial score (nSPS) is 18.4. The lowest BCUT2D eigenvalue weighted by molar-refractivity contribution is -0.124. The van der Waals surface area contributed by atoms with E-state index in [1.54, 1.807) is 0 Å². The van der Waals surface area contributed by atoms with E-state index in [2.05, 4.69) is 5.32 Å². The number of hydrogen-bond donors (Lipinski definition) is 2. The molecule has 6 nitrogen and oxygen atoms in total. The number of likely N-dealkylation sites (N-methyl/N-ethyl adjacent to an activating group) is 1. The first-order valence-electron chi connectivity index (χ1n) is 7.32. The summed E-state index contributed by atoms with van der Waals surface area (Å²) in [6.45, 7) is 6.53. The molecule has 1 aromatic carbocycles. The molecule has 1 aliphatic heterocycles. The molecule has 1 amide bonds. The highest BCUT2D eigenvalue weighted by Gasteiger charge is 2.30. The SMILES string of the molecule is CCNC(=O)C1COCCN1c1cccc(OCC)c1N. The Labute approximate surface area is 125 Å². The quantitative estimate of drug-likeness (QED) is 0.792. The maximum absolute atomic E-state index is 12.2. The van der Waals surface area contributed by atoms with E-state index in [1.807, 2.05) is 36.9 Å². The molecule has 116 valence electrons. The third-order valence-electron chi connectivity index (χ3n) is 3.43. The fraction of sp³-hybridized carbons (Fsp3) is 0.533. The van der Waals surface area contributed by atoms with Gasteiger partial charge in [-0.15, -0.1) is 0 Å². The molecule has 0 radical (unpaired) electrons. The van der Waals surface area contributed by atoms with Gasteiger partial charge < -0.3 is 25.4 Å². The summed E-state index contributed by atoms with van der Waals surface area (Å²) in [5.74, 6) is 0.606. The van der Waals surface area contributed by atoms with Gasteiger partial charge in [-0.25, -0.2) is 0 Å². The number of anilines is 2. The Morgan fingerprint density at radius 2 is 2.33 bits per heavy atom. The van der Waals surface area contributed by atoms with Crippen molar-refractivity contribution in [3.63, 3.8) is 0 Å². The van der Waals surface area contributed by atoms with E-state index in [0.717, 1.165) is 5.69 Å². The number of nitrogen functional groups attached to an aromatic ring is 1. The molecule has 1 aromatic rings. The van der Waals surface area contributed by atoms with Crippen LogP contribution < -0.4 is 20.7 Å². The number of benzene rings is 1. The standard InChI is InChI=1S/C15H23N3O3/c1-3-17-15(19)12-10-20-9-8-18(12)11-6-5-7-13(14(11)16)21-4-2/h5-7,12H,3-4,8-10,16H2,1-2H3,(H,17,19). The third-order valence-corrected chi connectivity index (χ3v) is 3.43. The number of rotatable bonds is 5. The molecule has 1 fully saturated rings. The van der Waals surface area contributed by atoms with Crippen molar-refractivity contribution < 1.29 is 14.3 Å². The van der Waals surface area contributed by atoms with Crippen LogP contribution in [0.4, 0.5) is 11.4 Å². The second kappa shape index (κ2) is 7.17. The number of nitrogens with two attached hydrogens (primary N) is 1. The van der Waals surface area contributed by atoms with Crippen LogP contribution in [-0.4, -0.2) is 44.9 Å². The van der Waals surface area contributed by atoms with Crippen molar-refractivity contribution in [2.45, 2.75) is 19.9 Å². The monoisotopic (exact) mass is 293 g/mol. The fourth-order valence-corrected chi connectivity index (χ4v) is 2.47. The maximum atomic E-state index is 12.2. The van der Waals surface area contributed by atoms with Gasteiger partial charge in [0.15, 0.2) is 0 Å². The van der Waals surface area contributed by atoms with E-state index in [1.165, 1.54) is 0 Å². The number of para-hydroxylation sites is 1. The Bertz CT molecular complexity index is 493. The van der Waals surface area contributed by atoms with Crippen LogP contribution in [0.3, 0.4) is 0 Å². The van der Waals surface area contributed by atoms with Crippen molar-refractivity contribution in [1.29, 1.82) is 0 Å². The lowest BCUT2D eigenvalue weighted by Crippen LogP contribution is -2.54. The van der Waals surface area contributed by atoms with Crippen molar-refractivity contribution >= 4 is 17.3 Å². The average molecular weight is 293 g/mol. The predicted molar refractivity (Wildman–Crippen MR) is 82.7 cm³/mol. The Balaban J connectivity index is 2.29. The minimum absolute atomic E-state index is 0.0431. The van der Waals surface area contributed by atoms with Crippen LogP contribution in [0.2, 0.25) is 0 Å². The molecule has 0 spiro atoms. The highest BCUT2D eigenvalue weighted by molar-refractivity contribution is 5.88. The van der Waals surface area contributed by atoms with Gasteiger partial charge >= 0.3 is 0 Å². The molecule has 1 atom stereocenters. The third kappa shape index (κ3) is 3.39. The molecule has 0 aromatic heterocycles. The van der Waals surface area contributed by atoms with Crippen molar-refractivity contribution in [1.82, 2.24) is 5.32 Å². The van der Waals surface area contributed by atoms with Crippen molar-refractivity contribution in [3.8, 4) is 5.75 Å². The van der Waals surface area contributed by atoms with Gasteiger partial charge in [0, 0.05) is 13.1 Å². The zero-order valence-electron chi connectivity index (χ0n) is 12.6. The first kappa shape index (κ1) is 15.4. The number of morpholine rings is 1. The van der Waals surface area contributed by atoms with Crippen LogP contribution in [0.15, 0.2) is 18.2 Å². The largest absolute Gasteiger partial charge is 0.492 e. The smallest absolute Gasteiger partial charge is 0.245 e. The lowest BCUT2D eigenvalue weighted by atomic mass is 10.1. The number of carbonyl (C=O) groups is 1. The first-order chi connectivity index (χ1) is 10.2. The molecule has 1 unspecified atom stereocenters. The second-order valence-electron chi connectivity index (χ2n) is 4.80. The zero-order valence-corrected chi connectivity index (χ0v) is 12.6. The van der Waals surface area contributed by atoms with Crippen LogP contribution in [0, 0.1) is 0 Å². The van der Waals surface area contributed by atoms with Gasteiger partial charge in [-0.3, -0.25) is 4.79 Å². The van der Waals surface area contributed by atoms with Gasteiger partial charge in [0.05, 0.1) is 31.2 Å². The average Bonchev–Trinajstić information content (AvgIpc) is 2.50. The number of nitrogens with zero attached hydrogens (tertiary/aromatic N) is 1. The second-order valence-corrected chi connectivity index (χ2v) is 4.80. The predicted octanol–water partition coefficient (Wildman–Crippen LogP) is 1.01. The molecule has 0 bridgehead atoms. The molecule has 2 rings (SSSR count). The fourth-order valence-electron chi connectivity index (χ4n) is 2.47. The van der Waals surface area contributed by atoms with Gasteiger partial charge in [0.1, 0.15) is 11.8 Å². The summed E-state index contributed by atoms with van der Waals surface area (Å²) in [6, 6.07) is 5.28. The van der Waals surface area contributed by atoms with Crippen molar-refractivity contribution in [3.05, 3.63) is 18.2 Å². The van der Waals surface area contributed by atoms with Gasteiger partial charge in [-0.05, 0) is 26.0 Å². The van der Waals surface area contributed by atoms with Crippen molar-refractivity contribution in [2.24, 2.45) is 0 Å². The molecule has 3 N–H and O–H groups in total. The number of nitrogens with one attached hydrogen (secondary N) is 1. The van der Waals surface area contributed by atoms with Gasteiger partial charge in [0.2, 0.25) is 5.91 Å². The zero-order chi connectivity index (χ0) is 15.2. The van der Waals surface area contributed by atoms with Crippen LogP contribution in [-0.2, 0) is 9.53 Å². The molecule has 6 heteroatoms. The Morgan fingerprint density at radius 1 is 1.52 bits per heavy atom. The number of amides is 1. The molecule has 21 heavy (non-hydrogen) atoms. The molecular weight excluding hydrogens is 270 g/mol. The molecule has 1 saturated heterocycles. The van der Waals surface area contributed by atoms with E-state index in [9.17, 15) is 4.79 Å². The summed E-state index contributed by atoms with van der Waals surface area (Å²) in [6.07, 6.45) is 0. The summed E-state index contributed by atoms with van der Waals surface area (Å²) < 4.78 is 11.0. The molecule has 0 saturated carbocycles. The molecule has 1 aliphatic rings. The molecular formula is C15H23N3O3. The van der Waals surface area contributed by atoms with Crippen LogP contribution in [0.25, 0.3) is 0 Å². The van der Waals surface area contributed by atoms with Crippen molar-refractivity contribution in [2.75, 3.05) is 43.5 Å². The van der Waals surface area contributed by atoms with Gasteiger partial charge in [-0.2, -0.15) is 0 Å². The molecule has 0 aliphatic carbocycles. The van der Waals surface area contributed by atoms with E-state index < -0.39 is 0 Å². The lowest BCUT2D eigenvalue weighted by Gasteiger charge is -2.37. The topological polar surface area (TPSA) is 76.8 Å². The summed E-state index contributed by atoms with van der Waals surface area (Å²) >= 11 is 0. The molecule has 1 heterocycles.